The lowest BCUT2D eigenvalue weighted by atomic mass is 10.1. The van der Waals surface area contributed by atoms with Crippen molar-refractivity contribution in [2.45, 2.75) is 33.4 Å². The van der Waals surface area contributed by atoms with Crippen molar-refractivity contribution in [3.05, 3.63) is 48.0 Å². The van der Waals surface area contributed by atoms with E-state index in [0.29, 0.717) is 0 Å². The Morgan fingerprint density at radius 2 is 1.96 bits per heavy atom. The lowest BCUT2D eigenvalue weighted by molar-refractivity contribution is 0.433. The number of benzene rings is 1. The molecule has 1 atom stereocenters. The van der Waals surface area contributed by atoms with Crippen LogP contribution in [-0.4, -0.2) is 28.1 Å². The molecule has 6 nitrogen and oxygen atoms in total. The van der Waals surface area contributed by atoms with Crippen LogP contribution in [0.1, 0.15) is 24.4 Å². The molecule has 0 radical (unpaired) electrons. The Hall–Kier alpha value is -2.54. The van der Waals surface area contributed by atoms with Crippen molar-refractivity contribution in [3.63, 3.8) is 0 Å². The molecule has 0 aliphatic heterocycles. The van der Waals surface area contributed by atoms with Crippen LogP contribution in [0.25, 0.3) is 22.4 Å². The molecule has 24 heavy (non-hydrogen) atoms. The number of nitrogens with zero attached hydrogens (tertiary/aromatic N) is 6. The summed E-state index contributed by atoms with van der Waals surface area (Å²) in [6.45, 7) is 7.10. The minimum Gasteiger partial charge on any atom is -0.326 e. The van der Waals surface area contributed by atoms with E-state index in [9.17, 15) is 0 Å². The second-order valence-corrected chi connectivity index (χ2v) is 6.61. The number of fused-ring (bicyclic) bond motifs is 1. The number of rotatable bonds is 4. The second kappa shape index (κ2) is 5.83. The lowest BCUT2D eigenvalue weighted by Gasteiger charge is -2.17. The normalized spacial score (nSPS) is 12.8. The van der Waals surface area contributed by atoms with E-state index in [-0.39, 0.29) is 6.04 Å². The summed E-state index contributed by atoms with van der Waals surface area (Å²) >= 11 is 1.24. The number of hydrogen-bond acceptors (Lipinski definition) is 5. The van der Waals surface area contributed by atoms with Crippen molar-refractivity contribution in [3.8, 4) is 11.4 Å². The number of aryl methyl sites for hydroxylation is 2. The predicted octanol–water partition coefficient (Wildman–Crippen LogP) is 3.63. The molecule has 4 aromatic rings. The highest BCUT2D eigenvalue weighted by atomic mass is 32.1. The first-order chi connectivity index (χ1) is 11.6. The van der Waals surface area contributed by atoms with E-state index in [4.69, 9.17) is 0 Å². The van der Waals surface area contributed by atoms with Crippen LogP contribution in [0.4, 0.5) is 0 Å². The highest BCUT2D eigenvalue weighted by Gasteiger charge is 2.14. The van der Waals surface area contributed by atoms with E-state index in [1.165, 1.54) is 17.4 Å². The first kappa shape index (κ1) is 15.0. The van der Waals surface area contributed by atoms with Gasteiger partial charge in [-0.1, -0.05) is 0 Å². The van der Waals surface area contributed by atoms with E-state index < -0.39 is 0 Å². The van der Waals surface area contributed by atoms with Gasteiger partial charge in [-0.05, 0) is 45.0 Å². The predicted molar refractivity (Wildman–Crippen MR) is 95.0 cm³/mol. The first-order valence-corrected chi connectivity index (χ1v) is 8.61. The molecule has 0 saturated heterocycles. The Morgan fingerprint density at radius 3 is 2.75 bits per heavy atom. The molecular formula is C17H18N6S. The monoisotopic (exact) mass is 338 g/mol. The molecular weight excluding hydrogens is 320 g/mol. The van der Waals surface area contributed by atoms with E-state index in [2.05, 4.69) is 54.1 Å². The summed E-state index contributed by atoms with van der Waals surface area (Å²) in [6, 6.07) is 8.44. The fourth-order valence-electron chi connectivity index (χ4n) is 3.01. The SMILES string of the molecule is Cc1cc(C)n(C[C@@H](C)n2ccnc2-c2ccc3nsnc3c2)n1. The average molecular weight is 338 g/mol. The molecule has 0 amide bonds. The molecule has 0 aliphatic rings. The zero-order valence-electron chi connectivity index (χ0n) is 13.8. The fourth-order valence-corrected chi connectivity index (χ4v) is 3.53. The average Bonchev–Trinajstić information content (AvgIpc) is 3.27. The van der Waals surface area contributed by atoms with Gasteiger partial charge in [-0.3, -0.25) is 4.68 Å². The summed E-state index contributed by atoms with van der Waals surface area (Å²) < 4.78 is 12.8. The Bertz CT molecular complexity index is 996. The van der Waals surface area contributed by atoms with Gasteiger partial charge in [-0.2, -0.15) is 13.8 Å². The molecule has 0 N–H and O–H groups in total. The van der Waals surface area contributed by atoms with Crippen LogP contribution in [0.3, 0.4) is 0 Å². The third-order valence-corrected chi connectivity index (χ3v) is 4.75. The van der Waals surface area contributed by atoms with Gasteiger partial charge in [0.2, 0.25) is 0 Å². The van der Waals surface area contributed by atoms with Gasteiger partial charge >= 0.3 is 0 Å². The van der Waals surface area contributed by atoms with Crippen LogP contribution in [0.2, 0.25) is 0 Å². The van der Waals surface area contributed by atoms with Crippen LogP contribution in [0, 0.1) is 13.8 Å². The molecule has 3 aromatic heterocycles. The van der Waals surface area contributed by atoms with Gasteiger partial charge in [0.15, 0.2) is 0 Å². The molecule has 0 spiro atoms. The second-order valence-electron chi connectivity index (χ2n) is 6.08. The van der Waals surface area contributed by atoms with Gasteiger partial charge in [-0.25, -0.2) is 4.98 Å². The smallest absolute Gasteiger partial charge is 0.140 e. The minimum atomic E-state index is 0.241. The van der Waals surface area contributed by atoms with Crippen LogP contribution in [0.15, 0.2) is 36.7 Å². The third-order valence-electron chi connectivity index (χ3n) is 4.20. The van der Waals surface area contributed by atoms with E-state index in [1.807, 2.05) is 31.5 Å². The van der Waals surface area contributed by atoms with Crippen LogP contribution < -0.4 is 0 Å². The molecule has 0 aliphatic carbocycles. The van der Waals surface area contributed by atoms with Gasteiger partial charge in [0, 0.05) is 23.7 Å². The topological polar surface area (TPSA) is 61.4 Å². The molecule has 1 aromatic carbocycles. The highest BCUT2D eigenvalue weighted by Crippen LogP contribution is 2.25. The molecule has 7 heteroatoms. The number of imidazole rings is 1. The molecule has 0 fully saturated rings. The maximum atomic E-state index is 4.56. The molecule has 0 bridgehead atoms. The number of hydrogen-bond donors (Lipinski definition) is 0. The summed E-state index contributed by atoms with van der Waals surface area (Å²) in [5, 5.41) is 4.56. The maximum absolute atomic E-state index is 4.56. The van der Waals surface area contributed by atoms with E-state index in [0.717, 1.165) is 34.7 Å². The van der Waals surface area contributed by atoms with Crippen molar-refractivity contribution in [1.82, 2.24) is 28.1 Å². The molecule has 0 saturated carbocycles. The highest BCUT2D eigenvalue weighted by molar-refractivity contribution is 7.00. The third kappa shape index (κ3) is 2.60. The van der Waals surface area contributed by atoms with Crippen molar-refractivity contribution < 1.29 is 0 Å². The molecule has 122 valence electrons. The summed E-state index contributed by atoms with van der Waals surface area (Å²) in [6.07, 6.45) is 3.87. The van der Waals surface area contributed by atoms with Crippen LogP contribution in [0.5, 0.6) is 0 Å². The molecule has 3 heterocycles. The largest absolute Gasteiger partial charge is 0.326 e. The zero-order chi connectivity index (χ0) is 16.7. The fraction of sp³-hybridized carbons (Fsp3) is 0.294. The van der Waals surface area contributed by atoms with Gasteiger partial charge in [0.25, 0.3) is 0 Å². The van der Waals surface area contributed by atoms with Gasteiger partial charge in [0.05, 0.1) is 30.0 Å². The van der Waals surface area contributed by atoms with Crippen LogP contribution >= 0.6 is 11.7 Å². The van der Waals surface area contributed by atoms with E-state index in [1.54, 1.807) is 0 Å². The first-order valence-electron chi connectivity index (χ1n) is 7.88. The summed E-state index contributed by atoms with van der Waals surface area (Å²) in [7, 11) is 0. The van der Waals surface area contributed by atoms with Gasteiger partial charge < -0.3 is 4.57 Å². The Labute approximate surface area is 144 Å². The lowest BCUT2D eigenvalue weighted by Crippen LogP contribution is -2.15. The van der Waals surface area contributed by atoms with Crippen molar-refractivity contribution in [2.24, 2.45) is 0 Å². The Kier molecular flexibility index (Phi) is 3.65. The van der Waals surface area contributed by atoms with Crippen molar-refractivity contribution in [2.75, 3.05) is 0 Å². The summed E-state index contributed by atoms with van der Waals surface area (Å²) in [4.78, 5) is 4.56. The Balaban J connectivity index is 1.67. The zero-order valence-corrected chi connectivity index (χ0v) is 14.7. The number of aromatic nitrogens is 6. The van der Waals surface area contributed by atoms with E-state index >= 15 is 0 Å². The quantitative estimate of drug-likeness (QED) is 0.570. The molecule has 0 unspecified atom stereocenters. The summed E-state index contributed by atoms with van der Waals surface area (Å²) in [5.74, 6) is 0.943. The van der Waals surface area contributed by atoms with Crippen molar-refractivity contribution in [1.29, 1.82) is 0 Å². The van der Waals surface area contributed by atoms with Crippen molar-refractivity contribution >= 4 is 22.8 Å². The van der Waals surface area contributed by atoms with Crippen LogP contribution in [-0.2, 0) is 6.54 Å². The van der Waals surface area contributed by atoms with Gasteiger partial charge in [-0.15, -0.1) is 0 Å². The maximum Gasteiger partial charge on any atom is 0.140 e. The summed E-state index contributed by atoms with van der Waals surface area (Å²) in [5.41, 5.74) is 5.12. The Morgan fingerprint density at radius 1 is 1.12 bits per heavy atom. The molecule has 4 rings (SSSR count). The standard InChI is InChI=1S/C17H18N6S/c1-11-8-12(2)23(19-11)10-13(3)22-7-6-18-17(22)14-4-5-15-16(9-14)21-24-20-15/h4-9,13H,10H2,1-3H3/t13-/m1/s1. The minimum absolute atomic E-state index is 0.241. The van der Waals surface area contributed by atoms with Gasteiger partial charge in [0.1, 0.15) is 16.9 Å².